The molecule has 4 heteroatoms. The molecule has 0 spiro atoms. The van der Waals surface area contributed by atoms with Gasteiger partial charge in [0.2, 0.25) is 0 Å². The van der Waals surface area contributed by atoms with Crippen LogP contribution >= 0.6 is 0 Å². The van der Waals surface area contributed by atoms with Gasteiger partial charge < -0.3 is 5.32 Å². The maximum Gasteiger partial charge on any atom is 0.186 e. The molecule has 0 aromatic carbocycles. The molecule has 106 valence electrons. The summed E-state index contributed by atoms with van der Waals surface area (Å²) >= 11 is 0. The van der Waals surface area contributed by atoms with Crippen LogP contribution in [-0.2, 0) is 6.42 Å². The van der Waals surface area contributed by atoms with Gasteiger partial charge in [-0.3, -0.25) is 0 Å². The molecule has 0 saturated heterocycles. The molecular weight excluding hydrogens is 241 g/mol. The molecule has 0 radical (unpaired) electrons. The highest BCUT2D eigenvalue weighted by molar-refractivity contribution is 5.38. The minimum absolute atomic E-state index is 0.278. The van der Waals surface area contributed by atoms with Crippen LogP contribution in [0.25, 0.3) is 0 Å². The number of hydrogen-bond donors (Lipinski definition) is 1. The second-order valence-electron chi connectivity index (χ2n) is 5.39. The van der Waals surface area contributed by atoms with Gasteiger partial charge in [-0.1, -0.05) is 33.1 Å². The van der Waals surface area contributed by atoms with Crippen molar-refractivity contribution in [2.45, 2.75) is 64.8 Å². The molecule has 1 aliphatic carbocycles. The van der Waals surface area contributed by atoms with Crippen molar-refractivity contribution in [3.63, 3.8) is 0 Å². The van der Waals surface area contributed by atoms with E-state index in [0.717, 1.165) is 6.42 Å². The molecule has 0 bridgehead atoms. The standard InChI is InChI=1S/C15H24FN3/c1-3-12(11-8-6-5-7-9-11)19-15-14(16)13(4-2)17-10-18-15/h10-12H,3-9H2,1-2H3,(H,17,18,19). The lowest BCUT2D eigenvalue weighted by atomic mass is 9.83. The van der Waals surface area contributed by atoms with Crippen LogP contribution in [0.4, 0.5) is 10.2 Å². The molecule has 1 N–H and O–H groups in total. The molecule has 2 rings (SSSR count). The third kappa shape index (κ3) is 3.43. The lowest BCUT2D eigenvalue weighted by Gasteiger charge is -2.30. The molecule has 1 heterocycles. The average Bonchev–Trinajstić information content (AvgIpc) is 2.47. The Kier molecular flexibility index (Phi) is 5.11. The van der Waals surface area contributed by atoms with E-state index in [-0.39, 0.29) is 5.82 Å². The van der Waals surface area contributed by atoms with Crippen LogP contribution in [0.3, 0.4) is 0 Å². The van der Waals surface area contributed by atoms with Gasteiger partial charge in [-0.2, -0.15) is 0 Å². The van der Waals surface area contributed by atoms with E-state index >= 15 is 0 Å². The van der Waals surface area contributed by atoms with Crippen LogP contribution in [0.1, 0.15) is 58.1 Å². The smallest absolute Gasteiger partial charge is 0.186 e. The SMILES string of the molecule is CCc1ncnc(NC(CC)C2CCCCC2)c1F. The van der Waals surface area contributed by atoms with E-state index in [1.54, 1.807) is 0 Å². The quantitative estimate of drug-likeness (QED) is 0.876. The molecule has 1 aliphatic rings. The number of rotatable bonds is 5. The Hall–Kier alpha value is -1.19. The van der Waals surface area contributed by atoms with Crippen molar-refractivity contribution < 1.29 is 4.39 Å². The van der Waals surface area contributed by atoms with Crippen LogP contribution < -0.4 is 5.32 Å². The first-order valence-corrected chi connectivity index (χ1v) is 7.52. The second-order valence-corrected chi connectivity index (χ2v) is 5.39. The Labute approximate surface area is 115 Å². The van der Waals surface area contributed by atoms with E-state index in [0.29, 0.717) is 29.9 Å². The molecule has 1 atom stereocenters. The highest BCUT2D eigenvalue weighted by atomic mass is 19.1. The average molecular weight is 265 g/mol. The first-order valence-electron chi connectivity index (χ1n) is 7.52. The zero-order chi connectivity index (χ0) is 13.7. The first kappa shape index (κ1) is 14.2. The van der Waals surface area contributed by atoms with Gasteiger partial charge in [-0.25, -0.2) is 14.4 Å². The van der Waals surface area contributed by atoms with Gasteiger partial charge in [0.1, 0.15) is 6.33 Å². The number of aryl methyl sites for hydroxylation is 1. The molecule has 0 aliphatic heterocycles. The Morgan fingerprint density at radius 1 is 1.26 bits per heavy atom. The summed E-state index contributed by atoms with van der Waals surface area (Å²) in [5.41, 5.74) is 0.496. The third-order valence-electron chi connectivity index (χ3n) is 4.18. The van der Waals surface area contributed by atoms with Crippen molar-refractivity contribution >= 4 is 5.82 Å². The molecule has 1 unspecified atom stereocenters. The molecular formula is C15H24FN3. The fourth-order valence-corrected chi connectivity index (χ4v) is 3.02. The Morgan fingerprint density at radius 3 is 2.63 bits per heavy atom. The maximum absolute atomic E-state index is 14.1. The van der Waals surface area contributed by atoms with Gasteiger partial charge in [0.15, 0.2) is 11.6 Å². The van der Waals surface area contributed by atoms with Gasteiger partial charge >= 0.3 is 0 Å². The Bertz CT molecular complexity index is 402. The molecule has 1 aromatic rings. The van der Waals surface area contributed by atoms with Crippen LogP contribution in [0, 0.1) is 11.7 Å². The van der Waals surface area contributed by atoms with Crippen LogP contribution in [0.5, 0.6) is 0 Å². The molecule has 0 amide bonds. The van der Waals surface area contributed by atoms with Gasteiger partial charge in [0.25, 0.3) is 0 Å². The summed E-state index contributed by atoms with van der Waals surface area (Å²) in [7, 11) is 0. The molecule has 1 fully saturated rings. The number of halogens is 1. The number of hydrogen-bond acceptors (Lipinski definition) is 3. The lowest BCUT2D eigenvalue weighted by molar-refractivity contribution is 0.312. The van der Waals surface area contributed by atoms with E-state index in [4.69, 9.17) is 0 Å². The number of nitrogens with zero attached hydrogens (tertiary/aromatic N) is 2. The maximum atomic E-state index is 14.1. The summed E-state index contributed by atoms with van der Waals surface area (Å²) in [4.78, 5) is 8.05. The van der Waals surface area contributed by atoms with E-state index in [9.17, 15) is 4.39 Å². The van der Waals surface area contributed by atoms with Crippen molar-refractivity contribution in [2.24, 2.45) is 5.92 Å². The minimum atomic E-state index is -0.278. The molecule has 1 aromatic heterocycles. The summed E-state index contributed by atoms with van der Waals surface area (Å²) in [6.07, 6.45) is 9.51. The second kappa shape index (κ2) is 6.83. The largest absolute Gasteiger partial charge is 0.365 e. The lowest BCUT2D eigenvalue weighted by Crippen LogP contribution is -2.31. The highest BCUT2D eigenvalue weighted by Crippen LogP contribution is 2.29. The van der Waals surface area contributed by atoms with Crippen molar-refractivity contribution in [2.75, 3.05) is 5.32 Å². The zero-order valence-corrected chi connectivity index (χ0v) is 12.0. The van der Waals surface area contributed by atoms with Gasteiger partial charge in [0.05, 0.1) is 5.69 Å². The summed E-state index contributed by atoms with van der Waals surface area (Å²) in [5.74, 6) is 0.752. The minimum Gasteiger partial charge on any atom is -0.365 e. The fraction of sp³-hybridized carbons (Fsp3) is 0.733. The summed E-state index contributed by atoms with van der Waals surface area (Å²) in [5, 5.41) is 3.32. The Balaban J connectivity index is 2.09. The van der Waals surface area contributed by atoms with Gasteiger partial charge in [-0.15, -0.1) is 0 Å². The van der Waals surface area contributed by atoms with E-state index in [2.05, 4.69) is 22.2 Å². The van der Waals surface area contributed by atoms with E-state index in [1.807, 2.05) is 6.92 Å². The predicted molar refractivity (Wildman–Crippen MR) is 75.6 cm³/mol. The topological polar surface area (TPSA) is 37.8 Å². The van der Waals surface area contributed by atoms with Crippen molar-refractivity contribution in [1.29, 1.82) is 0 Å². The van der Waals surface area contributed by atoms with Gasteiger partial charge in [-0.05, 0) is 31.6 Å². The zero-order valence-electron chi connectivity index (χ0n) is 12.0. The predicted octanol–water partition coefficient (Wildman–Crippen LogP) is 3.95. The van der Waals surface area contributed by atoms with Crippen LogP contribution in [-0.4, -0.2) is 16.0 Å². The third-order valence-corrected chi connectivity index (χ3v) is 4.18. The van der Waals surface area contributed by atoms with E-state index in [1.165, 1.54) is 38.4 Å². The molecule has 19 heavy (non-hydrogen) atoms. The number of aromatic nitrogens is 2. The monoisotopic (exact) mass is 265 g/mol. The van der Waals surface area contributed by atoms with Crippen molar-refractivity contribution in [1.82, 2.24) is 9.97 Å². The summed E-state index contributed by atoms with van der Waals surface area (Å²) in [6, 6.07) is 0.328. The van der Waals surface area contributed by atoms with Crippen molar-refractivity contribution in [3.05, 3.63) is 17.8 Å². The molecule has 1 saturated carbocycles. The Morgan fingerprint density at radius 2 is 2.00 bits per heavy atom. The van der Waals surface area contributed by atoms with Crippen molar-refractivity contribution in [3.8, 4) is 0 Å². The van der Waals surface area contributed by atoms with E-state index < -0.39 is 0 Å². The normalized spacial score (nSPS) is 18.3. The summed E-state index contributed by atoms with van der Waals surface area (Å²) in [6.45, 7) is 4.07. The van der Waals surface area contributed by atoms with Gasteiger partial charge in [0, 0.05) is 6.04 Å². The van der Waals surface area contributed by atoms with Crippen LogP contribution in [0.15, 0.2) is 6.33 Å². The van der Waals surface area contributed by atoms with Crippen LogP contribution in [0.2, 0.25) is 0 Å². The highest BCUT2D eigenvalue weighted by Gasteiger charge is 2.23. The number of nitrogens with one attached hydrogen (secondary N) is 1. The first-order chi connectivity index (χ1) is 9.26. The number of anilines is 1. The fourth-order valence-electron chi connectivity index (χ4n) is 3.02. The summed E-state index contributed by atoms with van der Waals surface area (Å²) < 4.78 is 14.1. The molecule has 3 nitrogen and oxygen atoms in total.